The number of aromatic nitrogens is 4. The minimum Gasteiger partial charge on any atom is -0.440 e. The molecule has 0 radical (unpaired) electrons. The van der Waals surface area contributed by atoms with Gasteiger partial charge in [0.15, 0.2) is 0 Å². The van der Waals surface area contributed by atoms with Gasteiger partial charge in [-0.3, -0.25) is 9.59 Å². The monoisotopic (exact) mass is 614 g/mol. The predicted octanol–water partition coefficient (Wildman–Crippen LogP) is 6.73. The van der Waals surface area contributed by atoms with Crippen molar-refractivity contribution in [2.24, 2.45) is 11.3 Å². The van der Waals surface area contributed by atoms with Crippen LogP contribution in [0, 0.1) is 18.3 Å². The van der Waals surface area contributed by atoms with E-state index in [1.807, 2.05) is 73.7 Å². The number of nitrogens with zero attached hydrogens (tertiary/aromatic N) is 4. The summed E-state index contributed by atoms with van der Waals surface area (Å²) < 4.78 is 26.2. The van der Waals surface area contributed by atoms with Crippen LogP contribution in [-0.2, 0) is 25.5 Å². The van der Waals surface area contributed by atoms with E-state index in [9.17, 15) is 9.59 Å². The number of rotatable bonds is 11. The van der Waals surface area contributed by atoms with Gasteiger partial charge in [0.1, 0.15) is 0 Å². The molecule has 4 aromatic rings. The van der Waals surface area contributed by atoms with Crippen LogP contribution in [0.2, 0.25) is 0 Å². The molecule has 0 spiro atoms. The fourth-order valence-corrected chi connectivity index (χ4v) is 5.21. The Morgan fingerprint density at radius 3 is 2.24 bits per heavy atom. The Kier molecular flexibility index (Phi) is 9.90. The Labute approximate surface area is 264 Å². The van der Waals surface area contributed by atoms with E-state index in [-0.39, 0.29) is 24.6 Å². The summed E-state index contributed by atoms with van der Waals surface area (Å²) in [4.78, 5) is 24.8. The zero-order valence-corrected chi connectivity index (χ0v) is 26.7. The van der Waals surface area contributed by atoms with Gasteiger partial charge in [0, 0.05) is 25.5 Å². The van der Waals surface area contributed by atoms with E-state index < -0.39 is 11.7 Å². The Balaban J connectivity index is 1.26. The molecule has 2 heterocycles. The van der Waals surface area contributed by atoms with Crippen molar-refractivity contribution < 1.29 is 28.5 Å². The molecule has 0 bridgehead atoms. The molecule has 5 rings (SSSR count). The highest BCUT2D eigenvalue weighted by Gasteiger charge is 2.26. The van der Waals surface area contributed by atoms with Crippen molar-refractivity contribution in [3.63, 3.8) is 0 Å². The van der Waals surface area contributed by atoms with Crippen LogP contribution >= 0.6 is 0 Å². The summed E-state index contributed by atoms with van der Waals surface area (Å²) in [6.45, 7) is 8.80. The maximum atomic E-state index is 12.6. The lowest BCUT2D eigenvalue weighted by Gasteiger charge is -2.22. The third-order valence-corrected chi connectivity index (χ3v) is 7.61. The molecular weight excluding hydrogens is 572 g/mol. The molecule has 2 aromatic heterocycles. The van der Waals surface area contributed by atoms with Gasteiger partial charge >= 0.3 is 11.9 Å². The molecule has 1 saturated carbocycles. The van der Waals surface area contributed by atoms with Crippen LogP contribution in [0.3, 0.4) is 0 Å². The highest BCUT2D eigenvalue weighted by Crippen LogP contribution is 2.27. The van der Waals surface area contributed by atoms with Gasteiger partial charge < -0.3 is 18.9 Å². The lowest BCUT2D eigenvalue weighted by Crippen LogP contribution is -2.27. The van der Waals surface area contributed by atoms with Crippen molar-refractivity contribution >= 4 is 11.9 Å². The number of carbonyl (C=O) groups excluding carboxylic acids is 2. The van der Waals surface area contributed by atoms with Crippen LogP contribution < -0.4 is 9.47 Å². The first kappa shape index (κ1) is 31.8. The Hall–Kier alpha value is -4.60. The second-order valence-electron chi connectivity index (χ2n) is 12.5. The summed E-state index contributed by atoms with van der Waals surface area (Å²) >= 11 is 0. The third-order valence-electron chi connectivity index (χ3n) is 7.61. The lowest BCUT2D eigenvalue weighted by atomic mass is 9.89. The van der Waals surface area contributed by atoms with Crippen molar-refractivity contribution in [2.75, 3.05) is 6.79 Å². The van der Waals surface area contributed by atoms with E-state index in [4.69, 9.17) is 24.0 Å². The molecule has 1 unspecified atom stereocenters. The molecule has 1 aliphatic rings. The predicted molar refractivity (Wildman–Crippen MR) is 168 cm³/mol. The first-order chi connectivity index (χ1) is 21.6. The molecular formula is C35H42N4O6. The van der Waals surface area contributed by atoms with E-state index >= 15 is 0 Å². The number of carbonyl (C=O) groups is 2. The molecule has 1 fully saturated rings. The average molecular weight is 615 g/mol. The minimum absolute atomic E-state index is 0.0447. The highest BCUT2D eigenvalue weighted by molar-refractivity contribution is 5.75. The summed E-state index contributed by atoms with van der Waals surface area (Å²) in [5.74, 6) is 0.395. The standard InChI is InChI=1S/C35H42N4O6/c1-24-20-32(44-25(2)45-33(40)27-12-8-6-9-13-27)39(36-24)30-18-16-26(17-19-30)21-28-22-31(42-23-43-34(41)35(3,4)5)38(37-28)29-14-10-7-11-15-29/h7,10-11,14-20,22,25,27H,6,8-9,12-13,21,23H2,1-5H3. The summed E-state index contributed by atoms with van der Waals surface area (Å²) in [5.41, 5.74) is 3.62. The third kappa shape index (κ3) is 8.32. The van der Waals surface area contributed by atoms with Crippen LogP contribution in [0.15, 0.2) is 66.7 Å². The second kappa shape index (κ2) is 14.0. The van der Waals surface area contributed by atoms with Crippen LogP contribution in [-0.4, -0.2) is 44.6 Å². The first-order valence-corrected chi connectivity index (χ1v) is 15.5. The van der Waals surface area contributed by atoms with Crippen molar-refractivity contribution in [3.05, 3.63) is 83.7 Å². The van der Waals surface area contributed by atoms with Gasteiger partial charge in [-0.15, -0.1) is 0 Å². The number of esters is 2. The maximum absolute atomic E-state index is 12.6. The van der Waals surface area contributed by atoms with Gasteiger partial charge in [-0.2, -0.15) is 10.2 Å². The Morgan fingerprint density at radius 1 is 0.889 bits per heavy atom. The number of benzene rings is 2. The molecule has 2 aromatic carbocycles. The molecule has 0 saturated heterocycles. The second-order valence-corrected chi connectivity index (χ2v) is 12.5. The van der Waals surface area contributed by atoms with E-state index in [1.54, 1.807) is 37.1 Å². The number of ether oxygens (including phenoxy) is 4. The minimum atomic E-state index is -0.735. The zero-order valence-electron chi connectivity index (χ0n) is 26.7. The molecule has 238 valence electrons. The fraction of sp³-hybridized carbons (Fsp3) is 0.429. The molecule has 0 N–H and O–H groups in total. The number of hydrogen-bond donors (Lipinski definition) is 0. The Bertz CT molecular complexity index is 1580. The van der Waals surface area contributed by atoms with Gasteiger partial charge in [-0.1, -0.05) is 49.6 Å². The SMILES string of the molecule is Cc1cc(OC(C)OC(=O)C2CCCCC2)n(-c2ccc(Cc3cc(OCOC(=O)C(C)(C)C)n(-c4ccccc4)n3)cc2)n1. The van der Waals surface area contributed by atoms with Gasteiger partial charge in [0.25, 0.3) is 0 Å². The van der Waals surface area contributed by atoms with Gasteiger partial charge in [0.05, 0.1) is 34.1 Å². The molecule has 10 heteroatoms. The summed E-state index contributed by atoms with van der Waals surface area (Å²) in [6, 6.07) is 21.3. The van der Waals surface area contributed by atoms with E-state index in [0.29, 0.717) is 18.2 Å². The topological polar surface area (TPSA) is 107 Å². The lowest BCUT2D eigenvalue weighted by molar-refractivity contribution is -0.168. The van der Waals surface area contributed by atoms with Gasteiger partial charge in [-0.25, -0.2) is 9.36 Å². The molecule has 0 aliphatic heterocycles. The largest absolute Gasteiger partial charge is 0.440 e. The van der Waals surface area contributed by atoms with Crippen molar-refractivity contribution in [3.8, 4) is 23.1 Å². The van der Waals surface area contributed by atoms with Crippen molar-refractivity contribution in [2.45, 2.75) is 79.4 Å². The fourth-order valence-electron chi connectivity index (χ4n) is 5.21. The molecule has 1 atom stereocenters. The van der Waals surface area contributed by atoms with Gasteiger partial charge in [-0.05, 0) is 70.4 Å². The number of para-hydroxylation sites is 1. The van der Waals surface area contributed by atoms with E-state index in [0.717, 1.165) is 54.0 Å². The highest BCUT2D eigenvalue weighted by atomic mass is 16.7. The average Bonchev–Trinajstić information content (AvgIpc) is 3.60. The van der Waals surface area contributed by atoms with Crippen LogP contribution in [0.4, 0.5) is 0 Å². The summed E-state index contributed by atoms with van der Waals surface area (Å²) in [7, 11) is 0. The normalized spacial score (nSPS) is 14.5. The molecule has 45 heavy (non-hydrogen) atoms. The molecule has 10 nitrogen and oxygen atoms in total. The smallest absolute Gasteiger partial charge is 0.314 e. The number of aryl methyl sites for hydroxylation is 1. The van der Waals surface area contributed by atoms with E-state index in [2.05, 4.69) is 5.10 Å². The van der Waals surface area contributed by atoms with Crippen molar-refractivity contribution in [1.82, 2.24) is 19.6 Å². The summed E-state index contributed by atoms with van der Waals surface area (Å²) in [6.07, 6.45) is 4.88. The van der Waals surface area contributed by atoms with E-state index in [1.165, 1.54) is 6.42 Å². The summed E-state index contributed by atoms with van der Waals surface area (Å²) in [5, 5.41) is 9.39. The Morgan fingerprint density at radius 2 is 1.56 bits per heavy atom. The van der Waals surface area contributed by atoms with Crippen LogP contribution in [0.25, 0.3) is 11.4 Å². The van der Waals surface area contributed by atoms with Crippen LogP contribution in [0.1, 0.15) is 76.8 Å². The van der Waals surface area contributed by atoms with Gasteiger partial charge in [0.2, 0.25) is 24.8 Å². The molecule has 0 amide bonds. The van der Waals surface area contributed by atoms with Crippen LogP contribution in [0.5, 0.6) is 11.8 Å². The zero-order chi connectivity index (χ0) is 32.0. The first-order valence-electron chi connectivity index (χ1n) is 15.5. The van der Waals surface area contributed by atoms with Crippen molar-refractivity contribution in [1.29, 1.82) is 0 Å². The number of hydrogen-bond acceptors (Lipinski definition) is 8. The quantitative estimate of drug-likeness (QED) is 0.135. The maximum Gasteiger partial charge on any atom is 0.314 e. The molecule has 1 aliphatic carbocycles.